The number of pyridine rings is 1. The first-order chi connectivity index (χ1) is 13.8. The number of halogens is 3. The summed E-state index contributed by atoms with van der Waals surface area (Å²) in [6.07, 6.45) is -4.70. The minimum atomic E-state index is -4.70. The number of nitriles is 1. The summed E-state index contributed by atoms with van der Waals surface area (Å²) in [5.74, 6) is -0.380. The predicted octanol–water partition coefficient (Wildman–Crippen LogP) is 5.51. The Labute approximate surface area is 177 Å². The number of aromatic nitrogens is 1. The summed E-state index contributed by atoms with van der Waals surface area (Å²) in [6, 6.07) is 7.77. The van der Waals surface area contributed by atoms with E-state index in [-0.39, 0.29) is 22.4 Å². The van der Waals surface area contributed by atoms with Crippen LogP contribution in [0.5, 0.6) is 0 Å². The number of rotatable bonds is 6. The van der Waals surface area contributed by atoms with Crippen LogP contribution in [0.1, 0.15) is 16.7 Å². The van der Waals surface area contributed by atoms with E-state index in [1.54, 1.807) is 30.6 Å². The summed E-state index contributed by atoms with van der Waals surface area (Å²) in [5.41, 5.74) is -0.491. The maximum atomic E-state index is 13.5. The van der Waals surface area contributed by atoms with Gasteiger partial charge >= 0.3 is 6.18 Å². The topological polar surface area (TPSA) is 57.0 Å². The number of thioether (sulfide) groups is 1. The van der Waals surface area contributed by atoms with Crippen molar-refractivity contribution in [3.05, 3.63) is 57.1 Å². The molecule has 0 atom stereocenters. The van der Waals surface area contributed by atoms with Gasteiger partial charge in [-0.3, -0.25) is 4.79 Å². The average molecular weight is 454 g/mol. The van der Waals surface area contributed by atoms with E-state index < -0.39 is 17.3 Å². The lowest BCUT2D eigenvalue weighted by atomic mass is 10.1. The number of alkyl halides is 3. The standard InChI is InChI=1S/C19H14F3N3OS3/c1-25(9-12-4-6-27-10-12)17(26)11-29-18-13(8-23)14(19(20,21)22)7-15(24-18)16-3-2-5-28-16/h2-7,10H,9,11H2,1H3. The lowest BCUT2D eigenvalue weighted by Gasteiger charge is -2.17. The van der Waals surface area contributed by atoms with Crippen molar-refractivity contribution in [3.63, 3.8) is 0 Å². The summed E-state index contributed by atoms with van der Waals surface area (Å²) in [5, 5.41) is 14.8. The molecule has 0 N–H and O–H groups in total. The van der Waals surface area contributed by atoms with E-state index in [0.717, 1.165) is 23.4 Å². The van der Waals surface area contributed by atoms with Crippen LogP contribution in [0, 0.1) is 11.3 Å². The van der Waals surface area contributed by atoms with Crippen LogP contribution in [0.2, 0.25) is 0 Å². The van der Waals surface area contributed by atoms with Gasteiger partial charge in [-0.25, -0.2) is 4.98 Å². The van der Waals surface area contributed by atoms with Gasteiger partial charge in [0.15, 0.2) is 0 Å². The Kier molecular flexibility index (Phi) is 6.62. The minimum Gasteiger partial charge on any atom is -0.341 e. The Morgan fingerprint density at radius 2 is 2.14 bits per heavy atom. The minimum absolute atomic E-state index is 0.0944. The fraction of sp³-hybridized carbons (Fsp3) is 0.211. The van der Waals surface area contributed by atoms with Crippen LogP contribution in [0.25, 0.3) is 10.6 Å². The highest BCUT2D eigenvalue weighted by molar-refractivity contribution is 8.00. The van der Waals surface area contributed by atoms with Crippen molar-refractivity contribution >= 4 is 40.3 Å². The van der Waals surface area contributed by atoms with Gasteiger partial charge in [-0.2, -0.15) is 29.8 Å². The Morgan fingerprint density at radius 3 is 2.72 bits per heavy atom. The van der Waals surface area contributed by atoms with Crippen molar-refractivity contribution in [2.75, 3.05) is 12.8 Å². The van der Waals surface area contributed by atoms with E-state index in [0.29, 0.717) is 11.4 Å². The molecule has 3 aromatic heterocycles. The first kappa shape index (κ1) is 21.4. The molecule has 0 aliphatic carbocycles. The molecule has 29 heavy (non-hydrogen) atoms. The second-order valence-electron chi connectivity index (χ2n) is 5.99. The van der Waals surface area contributed by atoms with Crippen molar-refractivity contribution in [1.82, 2.24) is 9.88 Å². The maximum absolute atomic E-state index is 13.5. The second-order valence-corrected chi connectivity index (χ2v) is 8.68. The summed E-state index contributed by atoms with van der Waals surface area (Å²) in [6.45, 7) is 0.407. The smallest absolute Gasteiger partial charge is 0.341 e. The van der Waals surface area contributed by atoms with Crippen molar-refractivity contribution in [3.8, 4) is 16.6 Å². The monoisotopic (exact) mass is 453 g/mol. The highest BCUT2D eigenvalue weighted by Crippen LogP contribution is 2.38. The molecule has 0 aliphatic heterocycles. The third kappa shape index (κ3) is 5.18. The van der Waals surface area contributed by atoms with E-state index in [1.165, 1.54) is 27.6 Å². The first-order valence-electron chi connectivity index (χ1n) is 8.23. The molecule has 0 saturated heterocycles. The summed E-state index contributed by atoms with van der Waals surface area (Å²) in [7, 11) is 1.63. The number of hydrogen-bond acceptors (Lipinski definition) is 6. The molecular weight excluding hydrogens is 439 g/mol. The highest BCUT2D eigenvalue weighted by Gasteiger charge is 2.36. The Balaban J connectivity index is 1.86. The van der Waals surface area contributed by atoms with Crippen molar-refractivity contribution in [2.45, 2.75) is 17.7 Å². The van der Waals surface area contributed by atoms with Gasteiger partial charge < -0.3 is 4.90 Å². The van der Waals surface area contributed by atoms with Crippen LogP contribution in [0.4, 0.5) is 13.2 Å². The summed E-state index contributed by atoms with van der Waals surface area (Å²) < 4.78 is 40.6. The van der Waals surface area contributed by atoms with E-state index >= 15 is 0 Å². The number of hydrogen-bond donors (Lipinski definition) is 0. The Morgan fingerprint density at radius 1 is 1.34 bits per heavy atom. The third-order valence-corrected chi connectivity index (χ3v) is 6.52. The second kappa shape index (κ2) is 8.98. The van der Waals surface area contributed by atoms with Gasteiger partial charge in [0.05, 0.1) is 27.5 Å². The van der Waals surface area contributed by atoms with Crippen LogP contribution < -0.4 is 0 Å². The molecule has 0 fully saturated rings. The number of amides is 1. The van der Waals surface area contributed by atoms with E-state index in [2.05, 4.69) is 4.98 Å². The zero-order valence-electron chi connectivity index (χ0n) is 15.1. The number of carbonyl (C=O) groups is 1. The summed E-state index contributed by atoms with van der Waals surface area (Å²) >= 11 is 3.62. The van der Waals surface area contributed by atoms with Gasteiger partial charge in [0, 0.05) is 13.6 Å². The third-order valence-electron chi connectivity index (χ3n) is 3.94. The number of thiophene rings is 2. The first-order valence-corrected chi connectivity index (χ1v) is 11.0. The molecule has 4 nitrogen and oxygen atoms in total. The van der Waals surface area contributed by atoms with Crippen LogP contribution in [0.3, 0.4) is 0 Å². The van der Waals surface area contributed by atoms with Crippen LogP contribution in [-0.2, 0) is 17.5 Å². The Bertz CT molecular complexity index is 1030. The average Bonchev–Trinajstić information content (AvgIpc) is 3.38. The normalized spacial score (nSPS) is 11.3. The van der Waals surface area contributed by atoms with E-state index in [9.17, 15) is 23.2 Å². The molecule has 0 aliphatic rings. The van der Waals surface area contributed by atoms with Gasteiger partial charge in [-0.05, 0) is 39.9 Å². The molecule has 3 aromatic rings. The zero-order valence-corrected chi connectivity index (χ0v) is 17.5. The van der Waals surface area contributed by atoms with Crippen molar-refractivity contribution in [1.29, 1.82) is 5.26 Å². The molecule has 10 heteroatoms. The molecule has 3 heterocycles. The van der Waals surface area contributed by atoms with Gasteiger partial charge in [-0.15, -0.1) is 11.3 Å². The van der Waals surface area contributed by atoms with E-state index in [4.69, 9.17) is 0 Å². The molecule has 0 radical (unpaired) electrons. The highest BCUT2D eigenvalue weighted by atomic mass is 32.2. The van der Waals surface area contributed by atoms with Gasteiger partial charge in [0.1, 0.15) is 11.1 Å². The van der Waals surface area contributed by atoms with Gasteiger partial charge in [0.25, 0.3) is 0 Å². The number of nitrogens with zero attached hydrogens (tertiary/aromatic N) is 3. The zero-order chi connectivity index (χ0) is 21.0. The predicted molar refractivity (Wildman–Crippen MR) is 109 cm³/mol. The quantitative estimate of drug-likeness (QED) is 0.462. The lowest BCUT2D eigenvalue weighted by Crippen LogP contribution is -2.27. The maximum Gasteiger partial charge on any atom is 0.417 e. The Hall–Kier alpha value is -2.35. The molecular formula is C19H14F3N3OS3. The molecule has 0 aromatic carbocycles. The summed E-state index contributed by atoms with van der Waals surface area (Å²) in [4.78, 5) is 18.7. The molecule has 1 amide bonds. The van der Waals surface area contributed by atoms with Crippen LogP contribution >= 0.6 is 34.4 Å². The molecule has 0 spiro atoms. The molecule has 0 saturated carbocycles. The van der Waals surface area contributed by atoms with Crippen molar-refractivity contribution in [2.24, 2.45) is 0 Å². The molecule has 0 bridgehead atoms. The van der Waals surface area contributed by atoms with Gasteiger partial charge in [-0.1, -0.05) is 17.8 Å². The largest absolute Gasteiger partial charge is 0.417 e. The van der Waals surface area contributed by atoms with Crippen molar-refractivity contribution < 1.29 is 18.0 Å². The molecule has 150 valence electrons. The van der Waals surface area contributed by atoms with Gasteiger partial charge in [0.2, 0.25) is 5.91 Å². The fourth-order valence-corrected chi connectivity index (χ4v) is 4.78. The number of carbonyl (C=O) groups excluding carboxylic acids is 1. The SMILES string of the molecule is CN(Cc1ccsc1)C(=O)CSc1nc(-c2cccs2)cc(C(F)(F)F)c1C#N. The molecule has 0 unspecified atom stereocenters. The van der Waals surface area contributed by atoms with Crippen LogP contribution in [-0.4, -0.2) is 28.6 Å². The molecule has 3 rings (SSSR count). The lowest BCUT2D eigenvalue weighted by molar-refractivity contribution is -0.138. The fourth-order valence-electron chi connectivity index (χ4n) is 2.49. The van der Waals surface area contributed by atoms with E-state index in [1.807, 2.05) is 16.8 Å². The van der Waals surface area contributed by atoms with Crippen LogP contribution in [0.15, 0.2) is 45.4 Å².